The molecule has 0 bridgehead atoms. The van der Waals surface area contributed by atoms with Crippen LogP contribution in [0.1, 0.15) is 23.7 Å². The first-order chi connectivity index (χ1) is 9.26. The van der Waals surface area contributed by atoms with Gasteiger partial charge >= 0.3 is 0 Å². The highest BCUT2D eigenvalue weighted by Crippen LogP contribution is 2.28. The SMILES string of the molecule is CCC(NCCO)C(=O)c1ccc2c(c1)NCCO2. The van der Waals surface area contributed by atoms with Crippen LogP contribution in [0.3, 0.4) is 0 Å². The first-order valence-electron chi connectivity index (χ1n) is 6.65. The molecule has 0 saturated carbocycles. The van der Waals surface area contributed by atoms with Gasteiger partial charge < -0.3 is 20.5 Å². The minimum Gasteiger partial charge on any atom is -0.490 e. The molecule has 3 N–H and O–H groups in total. The molecule has 0 aliphatic carbocycles. The Morgan fingerprint density at radius 1 is 1.58 bits per heavy atom. The lowest BCUT2D eigenvalue weighted by Gasteiger charge is -2.21. The molecule has 0 amide bonds. The molecule has 0 radical (unpaired) electrons. The largest absolute Gasteiger partial charge is 0.490 e. The van der Waals surface area contributed by atoms with Crippen molar-refractivity contribution in [3.8, 4) is 5.75 Å². The molecule has 0 spiro atoms. The van der Waals surface area contributed by atoms with E-state index in [0.717, 1.165) is 18.0 Å². The summed E-state index contributed by atoms with van der Waals surface area (Å²) < 4.78 is 5.49. The lowest BCUT2D eigenvalue weighted by Crippen LogP contribution is -2.38. The van der Waals surface area contributed by atoms with Crippen molar-refractivity contribution in [2.45, 2.75) is 19.4 Å². The molecule has 1 atom stereocenters. The van der Waals surface area contributed by atoms with Gasteiger partial charge in [0.25, 0.3) is 0 Å². The molecular formula is C14H20N2O3. The maximum Gasteiger partial charge on any atom is 0.179 e. The Kier molecular flexibility index (Phi) is 4.76. The van der Waals surface area contributed by atoms with Crippen molar-refractivity contribution < 1.29 is 14.6 Å². The van der Waals surface area contributed by atoms with Crippen LogP contribution in [0.2, 0.25) is 0 Å². The van der Waals surface area contributed by atoms with Crippen LogP contribution in [0.15, 0.2) is 18.2 Å². The third kappa shape index (κ3) is 3.24. The second-order valence-corrected chi connectivity index (χ2v) is 4.49. The van der Waals surface area contributed by atoms with E-state index in [1.165, 1.54) is 0 Å². The summed E-state index contributed by atoms with van der Waals surface area (Å²) in [7, 11) is 0. The van der Waals surface area contributed by atoms with Gasteiger partial charge in [-0.2, -0.15) is 0 Å². The summed E-state index contributed by atoms with van der Waals surface area (Å²) >= 11 is 0. The van der Waals surface area contributed by atoms with Crippen molar-refractivity contribution in [3.05, 3.63) is 23.8 Å². The van der Waals surface area contributed by atoms with Crippen molar-refractivity contribution in [1.29, 1.82) is 0 Å². The number of aliphatic hydroxyl groups is 1. The first kappa shape index (κ1) is 13.8. The summed E-state index contributed by atoms with van der Waals surface area (Å²) in [6.45, 7) is 3.81. The zero-order chi connectivity index (χ0) is 13.7. The predicted molar refractivity (Wildman–Crippen MR) is 73.9 cm³/mol. The average Bonchev–Trinajstić information content (AvgIpc) is 2.47. The Labute approximate surface area is 113 Å². The summed E-state index contributed by atoms with van der Waals surface area (Å²) in [5, 5.41) is 15.1. The number of aliphatic hydroxyl groups excluding tert-OH is 1. The minimum atomic E-state index is -0.255. The molecule has 5 nitrogen and oxygen atoms in total. The molecule has 2 rings (SSSR count). The topological polar surface area (TPSA) is 70.6 Å². The molecule has 1 aliphatic heterocycles. The second kappa shape index (κ2) is 6.54. The van der Waals surface area contributed by atoms with E-state index in [1.807, 2.05) is 19.1 Å². The minimum absolute atomic E-state index is 0.0311. The van der Waals surface area contributed by atoms with Crippen LogP contribution in [0.25, 0.3) is 0 Å². The fourth-order valence-corrected chi connectivity index (χ4v) is 2.16. The van der Waals surface area contributed by atoms with E-state index in [4.69, 9.17) is 9.84 Å². The van der Waals surface area contributed by atoms with E-state index < -0.39 is 0 Å². The smallest absolute Gasteiger partial charge is 0.179 e. The van der Waals surface area contributed by atoms with Crippen LogP contribution in [-0.2, 0) is 0 Å². The highest BCUT2D eigenvalue weighted by atomic mass is 16.5. The van der Waals surface area contributed by atoms with Gasteiger partial charge in [-0.3, -0.25) is 4.79 Å². The first-order valence-corrected chi connectivity index (χ1v) is 6.65. The predicted octanol–water partition coefficient (Wildman–Crippen LogP) is 1.03. The van der Waals surface area contributed by atoms with Gasteiger partial charge in [0.1, 0.15) is 12.4 Å². The van der Waals surface area contributed by atoms with E-state index in [1.54, 1.807) is 6.07 Å². The molecule has 1 aromatic carbocycles. The average molecular weight is 264 g/mol. The Morgan fingerprint density at radius 2 is 2.42 bits per heavy atom. The van der Waals surface area contributed by atoms with Crippen molar-refractivity contribution in [1.82, 2.24) is 5.32 Å². The quantitative estimate of drug-likeness (QED) is 0.670. The number of anilines is 1. The molecule has 0 saturated heterocycles. The van der Waals surface area contributed by atoms with Gasteiger partial charge in [-0.05, 0) is 24.6 Å². The fraction of sp³-hybridized carbons (Fsp3) is 0.500. The maximum atomic E-state index is 12.4. The summed E-state index contributed by atoms with van der Waals surface area (Å²) in [6.07, 6.45) is 0.694. The molecule has 19 heavy (non-hydrogen) atoms. The summed E-state index contributed by atoms with van der Waals surface area (Å²) in [4.78, 5) is 12.4. The lowest BCUT2D eigenvalue weighted by molar-refractivity contribution is 0.0937. The molecule has 104 valence electrons. The van der Waals surface area contributed by atoms with E-state index in [-0.39, 0.29) is 18.4 Å². The number of ether oxygens (including phenoxy) is 1. The third-order valence-electron chi connectivity index (χ3n) is 3.17. The van der Waals surface area contributed by atoms with E-state index in [0.29, 0.717) is 25.1 Å². The number of rotatable bonds is 6. The lowest BCUT2D eigenvalue weighted by atomic mass is 10.0. The standard InChI is InChI=1S/C14H20N2O3/c1-2-11(15-5-7-17)14(18)10-3-4-13-12(9-10)16-6-8-19-13/h3-4,9,11,15-17H,2,5-8H2,1H3. The molecule has 1 heterocycles. The molecule has 1 aromatic rings. The highest BCUT2D eigenvalue weighted by Gasteiger charge is 2.19. The second-order valence-electron chi connectivity index (χ2n) is 4.49. The van der Waals surface area contributed by atoms with Crippen molar-refractivity contribution >= 4 is 11.5 Å². The van der Waals surface area contributed by atoms with Crippen molar-refractivity contribution in [3.63, 3.8) is 0 Å². The van der Waals surface area contributed by atoms with Crippen LogP contribution in [0, 0.1) is 0 Å². The van der Waals surface area contributed by atoms with Crippen LogP contribution in [0.4, 0.5) is 5.69 Å². The monoisotopic (exact) mass is 264 g/mol. The number of hydrogen-bond donors (Lipinski definition) is 3. The van der Waals surface area contributed by atoms with Gasteiger partial charge in [-0.1, -0.05) is 6.92 Å². The third-order valence-corrected chi connectivity index (χ3v) is 3.17. The van der Waals surface area contributed by atoms with Gasteiger partial charge in [0.2, 0.25) is 0 Å². The number of Topliss-reactive ketones (excluding diaryl/α,β-unsaturated/α-hetero) is 1. The molecule has 5 heteroatoms. The summed E-state index contributed by atoms with van der Waals surface area (Å²) in [6, 6.07) is 5.19. The normalized spacial score (nSPS) is 15.1. The zero-order valence-corrected chi connectivity index (χ0v) is 11.1. The molecule has 1 aliphatic rings. The highest BCUT2D eigenvalue weighted by molar-refractivity contribution is 6.01. The van der Waals surface area contributed by atoms with Gasteiger partial charge in [0, 0.05) is 18.7 Å². The summed E-state index contributed by atoms with van der Waals surface area (Å²) in [5.74, 6) is 0.838. The Morgan fingerprint density at radius 3 is 3.16 bits per heavy atom. The van der Waals surface area contributed by atoms with Crippen molar-refractivity contribution in [2.75, 3.05) is 31.6 Å². The van der Waals surface area contributed by atoms with Gasteiger partial charge in [0.15, 0.2) is 5.78 Å². The van der Waals surface area contributed by atoms with E-state index >= 15 is 0 Å². The van der Waals surface area contributed by atoms with Gasteiger partial charge in [-0.25, -0.2) is 0 Å². The van der Waals surface area contributed by atoms with E-state index in [9.17, 15) is 4.79 Å². The maximum absolute atomic E-state index is 12.4. The number of hydrogen-bond acceptors (Lipinski definition) is 5. The molecular weight excluding hydrogens is 244 g/mol. The van der Waals surface area contributed by atoms with E-state index in [2.05, 4.69) is 10.6 Å². The fourth-order valence-electron chi connectivity index (χ4n) is 2.16. The van der Waals surface area contributed by atoms with Crippen LogP contribution in [-0.4, -0.2) is 43.2 Å². The Hall–Kier alpha value is -1.59. The van der Waals surface area contributed by atoms with Gasteiger partial charge in [0.05, 0.1) is 18.3 Å². The number of fused-ring (bicyclic) bond motifs is 1. The molecule has 1 unspecified atom stereocenters. The molecule has 0 aromatic heterocycles. The Bertz CT molecular complexity index is 448. The number of benzene rings is 1. The number of ketones is 1. The Balaban J connectivity index is 2.13. The van der Waals surface area contributed by atoms with Gasteiger partial charge in [-0.15, -0.1) is 0 Å². The number of carbonyl (C=O) groups excluding carboxylic acids is 1. The number of carbonyl (C=O) groups is 1. The van der Waals surface area contributed by atoms with Crippen molar-refractivity contribution in [2.24, 2.45) is 0 Å². The molecule has 0 fully saturated rings. The number of nitrogens with one attached hydrogen (secondary N) is 2. The van der Waals surface area contributed by atoms with Crippen LogP contribution in [0.5, 0.6) is 5.75 Å². The summed E-state index contributed by atoms with van der Waals surface area (Å²) in [5.41, 5.74) is 1.53. The zero-order valence-electron chi connectivity index (χ0n) is 11.1. The van der Waals surface area contributed by atoms with Crippen LogP contribution < -0.4 is 15.4 Å². The van der Waals surface area contributed by atoms with Crippen LogP contribution >= 0.6 is 0 Å².